The number of hydrogen-bond donors (Lipinski definition) is 0. The van der Waals surface area contributed by atoms with E-state index in [1.165, 1.54) is 21.9 Å². The summed E-state index contributed by atoms with van der Waals surface area (Å²) >= 11 is 0.967. The first-order valence-electron chi connectivity index (χ1n) is 8.59. The predicted molar refractivity (Wildman–Crippen MR) is 103 cm³/mol. The minimum Gasteiger partial charge on any atom is -0.308 e. The summed E-state index contributed by atoms with van der Waals surface area (Å²) in [6, 6.07) is 11.3. The van der Waals surface area contributed by atoms with E-state index in [1.807, 2.05) is 0 Å². The van der Waals surface area contributed by atoms with Gasteiger partial charge < -0.3 is 4.90 Å². The van der Waals surface area contributed by atoms with Gasteiger partial charge >= 0.3 is 0 Å². The van der Waals surface area contributed by atoms with Crippen molar-refractivity contribution in [2.24, 2.45) is 0 Å². The second kappa shape index (κ2) is 7.08. The van der Waals surface area contributed by atoms with Gasteiger partial charge in [0.1, 0.15) is 0 Å². The minimum atomic E-state index is -0.482. The summed E-state index contributed by atoms with van der Waals surface area (Å²) in [4.78, 5) is 49.9. The second-order valence-electron chi connectivity index (χ2n) is 6.51. The van der Waals surface area contributed by atoms with Crippen LogP contribution in [0, 0.1) is 10.1 Å². The molecule has 0 unspecified atom stereocenters. The molecule has 8 nitrogen and oxygen atoms in total. The maximum absolute atomic E-state index is 13.0. The summed E-state index contributed by atoms with van der Waals surface area (Å²) in [5, 5.41) is 10.8. The molecule has 0 atom stereocenters. The molecule has 2 aliphatic rings. The number of nitrogens with zero attached hydrogens (tertiary/aromatic N) is 3. The number of anilines is 1. The number of benzene rings is 2. The quantitative estimate of drug-likeness (QED) is 0.581. The van der Waals surface area contributed by atoms with E-state index in [-0.39, 0.29) is 35.0 Å². The van der Waals surface area contributed by atoms with E-state index in [1.54, 1.807) is 30.3 Å². The number of imide groups is 1. The lowest BCUT2D eigenvalue weighted by Gasteiger charge is -2.18. The largest absolute Gasteiger partial charge is 0.308 e. The van der Waals surface area contributed by atoms with Crippen LogP contribution in [-0.4, -0.2) is 39.2 Å². The zero-order valence-corrected chi connectivity index (χ0v) is 15.5. The molecule has 4 rings (SSSR count). The molecule has 2 aliphatic heterocycles. The summed E-state index contributed by atoms with van der Waals surface area (Å²) in [7, 11) is 0. The number of carbonyl (C=O) groups excluding carboxylic acids is 3. The number of carbonyl (C=O) groups is 3. The molecule has 0 saturated carbocycles. The highest BCUT2D eigenvalue weighted by Crippen LogP contribution is 2.33. The monoisotopic (exact) mass is 397 g/mol. The lowest BCUT2D eigenvalue weighted by molar-refractivity contribution is -0.384. The molecule has 2 heterocycles. The molecule has 0 radical (unpaired) electrons. The number of fused-ring (bicyclic) bond motifs is 1. The maximum Gasteiger partial charge on any atom is 0.289 e. The van der Waals surface area contributed by atoms with Gasteiger partial charge in [0.15, 0.2) is 0 Å². The number of rotatable bonds is 4. The summed E-state index contributed by atoms with van der Waals surface area (Å²) < 4.78 is 0. The van der Waals surface area contributed by atoms with E-state index in [0.29, 0.717) is 29.8 Å². The Labute approximate surface area is 164 Å². The number of hydrogen-bond acceptors (Lipinski definition) is 6. The van der Waals surface area contributed by atoms with Gasteiger partial charge in [0.25, 0.3) is 16.8 Å². The van der Waals surface area contributed by atoms with E-state index < -0.39 is 4.92 Å². The standard InChI is InChI=1S/C19H15N3O5S/c23-17-11-28-19(25)21(17)10-12-2-1-3-14(8-12)18(24)20-7-6-13-4-5-15(22(26)27)9-16(13)20/h1-5,8-9H,6-7,10-11H2. The van der Waals surface area contributed by atoms with Crippen LogP contribution >= 0.6 is 11.8 Å². The third-order valence-electron chi connectivity index (χ3n) is 4.78. The van der Waals surface area contributed by atoms with Gasteiger partial charge in [-0.15, -0.1) is 0 Å². The van der Waals surface area contributed by atoms with Gasteiger partial charge in [-0.2, -0.15) is 0 Å². The van der Waals surface area contributed by atoms with Crippen molar-refractivity contribution in [3.8, 4) is 0 Å². The Morgan fingerprint density at radius 2 is 2.00 bits per heavy atom. The molecule has 0 aliphatic carbocycles. The first kappa shape index (κ1) is 18.2. The van der Waals surface area contributed by atoms with Crippen LogP contribution in [0.2, 0.25) is 0 Å². The van der Waals surface area contributed by atoms with Crippen LogP contribution < -0.4 is 4.90 Å². The first-order chi connectivity index (χ1) is 13.4. The lowest BCUT2D eigenvalue weighted by atomic mass is 10.1. The normalized spacial score (nSPS) is 15.9. The van der Waals surface area contributed by atoms with Gasteiger partial charge in [0.05, 0.1) is 22.9 Å². The molecule has 28 heavy (non-hydrogen) atoms. The van der Waals surface area contributed by atoms with Crippen LogP contribution in [0.3, 0.4) is 0 Å². The molecule has 2 aromatic carbocycles. The first-order valence-corrected chi connectivity index (χ1v) is 9.58. The van der Waals surface area contributed by atoms with E-state index >= 15 is 0 Å². The average Bonchev–Trinajstić information content (AvgIpc) is 3.25. The fraction of sp³-hybridized carbons (Fsp3) is 0.211. The molecule has 0 N–H and O–H groups in total. The average molecular weight is 397 g/mol. The van der Waals surface area contributed by atoms with Crippen molar-refractivity contribution in [2.45, 2.75) is 13.0 Å². The van der Waals surface area contributed by atoms with Gasteiger partial charge in [-0.1, -0.05) is 30.0 Å². The molecular formula is C19H15N3O5S. The number of nitro groups is 1. The summed E-state index contributed by atoms with van der Waals surface area (Å²) in [5.41, 5.74) is 2.46. The van der Waals surface area contributed by atoms with Crippen molar-refractivity contribution in [2.75, 3.05) is 17.2 Å². The number of thioether (sulfide) groups is 1. The van der Waals surface area contributed by atoms with E-state index in [9.17, 15) is 24.5 Å². The molecule has 1 saturated heterocycles. The van der Waals surface area contributed by atoms with Gasteiger partial charge in [-0.3, -0.25) is 29.4 Å². The molecule has 9 heteroatoms. The molecule has 0 bridgehead atoms. The molecular weight excluding hydrogens is 382 g/mol. The summed E-state index contributed by atoms with van der Waals surface area (Å²) in [5.74, 6) is -0.372. The Balaban J connectivity index is 1.59. The summed E-state index contributed by atoms with van der Waals surface area (Å²) in [6.07, 6.45) is 0.632. The van der Waals surface area contributed by atoms with Gasteiger partial charge in [-0.05, 0) is 29.7 Å². The summed E-state index contributed by atoms with van der Waals surface area (Å²) in [6.45, 7) is 0.563. The minimum absolute atomic E-state index is 0.0595. The SMILES string of the molecule is O=C1CSC(=O)N1Cc1cccc(C(=O)N2CCc3ccc([N+](=O)[O-])cc32)c1. The molecule has 3 amide bonds. The Morgan fingerprint density at radius 3 is 2.71 bits per heavy atom. The van der Waals surface area contributed by atoms with Crippen molar-refractivity contribution >= 4 is 40.2 Å². The molecule has 1 fully saturated rings. The van der Waals surface area contributed by atoms with Crippen molar-refractivity contribution < 1.29 is 19.3 Å². The van der Waals surface area contributed by atoms with Crippen LogP contribution in [0.4, 0.5) is 16.2 Å². The third-order valence-corrected chi connectivity index (χ3v) is 5.63. The Morgan fingerprint density at radius 1 is 1.18 bits per heavy atom. The van der Waals surface area contributed by atoms with Gasteiger partial charge in [0, 0.05) is 24.2 Å². The number of amides is 3. The Bertz CT molecular complexity index is 1010. The van der Waals surface area contributed by atoms with E-state index in [0.717, 1.165) is 17.3 Å². The van der Waals surface area contributed by atoms with E-state index in [2.05, 4.69) is 0 Å². The fourth-order valence-corrected chi connectivity index (χ4v) is 4.09. The number of nitro benzene ring substituents is 1. The van der Waals surface area contributed by atoms with Crippen LogP contribution in [0.5, 0.6) is 0 Å². The molecule has 0 aromatic heterocycles. The maximum atomic E-state index is 13.0. The van der Waals surface area contributed by atoms with E-state index in [4.69, 9.17) is 0 Å². The van der Waals surface area contributed by atoms with Crippen molar-refractivity contribution in [3.63, 3.8) is 0 Å². The van der Waals surface area contributed by atoms with Crippen molar-refractivity contribution in [3.05, 3.63) is 69.3 Å². The number of non-ortho nitro benzene ring substituents is 1. The van der Waals surface area contributed by atoms with Crippen molar-refractivity contribution in [1.82, 2.24) is 4.90 Å². The van der Waals surface area contributed by atoms with Crippen molar-refractivity contribution in [1.29, 1.82) is 0 Å². The van der Waals surface area contributed by atoms with Crippen LogP contribution in [0.15, 0.2) is 42.5 Å². The highest BCUT2D eigenvalue weighted by Gasteiger charge is 2.31. The Hall–Kier alpha value is -3.20. The zero-order valence-electron chi connectivity index (χ0n) is 14.7. The Kier molecular flexibility index (Phi) is 4.60. The molecule has 142 valence electrons. The highest BCUT2D eigenvalue weighted by molar-refractivity contribution is 8.14. The van der Waals surface area contributed by atoms with Crippen LogP contribution in [-0.2, 0) is 17.8 Å². The fourth-order valence-electron chi connectivity index (χ4n) is 3.37. The zero-order chi connectivity index (χ0) is 19.8. The molecule has 2 aromatic rings. The van der Waals surface area contributed by atoms with Crippen LogP contribution in [0.1, 0.15) is 21.5 Å². The van der Waals surface area contributed by atoms with Gasteiger partial charge in [0.2, 0.25) is 5.91 Å². The highest BCUT2D eigenvalue weighted by atomic mass is 32.2. The second-order valence-corrected chi connectivity index (χ2v) is 7.44. The third kappa shape index (κ3) is 3.24. The lowest BCUT2D eigenvalue weighted by Crippen LogP contribution is -2.30. The smallest absolute Gasteiger partial charge is 0.289 e. The molecule has 0 spiro atoms. The van der Waals surface area contributed by atoms with Gasteiger partial charge in [-0.25, -0.2) is 0 Å². The van der Waals surface area contributed by atoms with Crippen LogP contribution in [0.25, 0.3) is 0 Å². The predicted octanol–water partition coefficient (Wildman–Crippen LogP) is 2.99. The topological polar surface area (TPSA) is 101 Å².